The maximum atomic E-state index is 12.9. The van der Waals surface area contributed by atoms with Crippen molar-refractivity contribution in [2.45, 2.75) is 71.3 Å². The summed E-state index contributed by atoms with van der Waals surface area (Å²) < 4.78 is 10.5. The van der Waals surface area contributed by atoms with Gasteiger partial charge in [-0.25, -0.2) is 0 Å². The van der Waals surface area contributed by atoms with Crippen molar-refractivity contribution in [2.75, 3.05) is 63.6 Å². The number of fused-ring (bicyclic) bond motifs is 1. The fourth-order valence-electron chi connectivity index (χ4n) is 5.51. The van der Waals surface area contributed by atoms with E-state index in [0.29, 0.717) is 30.4 Å². The zero-order valence-electron chi connectivity index (χ0n) is 24.8. The van der Waals surface area contributed by atoms with Gasteiger partial charge in [-0.05, 0) is 69.4 Å². The maximum absolute atomic E-state index is 12.9. The highest BCUT2D eigenvalue weighted by atomic mass is 16.5. The number of nitrogens with zero attached hydrogens (tertiary/aromatic N) is 5. The molecule has 41 heavy (non-hydrogen) atoms. The minimum absolute atomic E-state index is 0.00421. The molecular formula is C31H46N6O4. The molecule has 1 aromatic heterocycles. The average Bonchev–Trinajstić information content (AvgIpc) is 3.30. The zero-order chi connectivity index (χ0) is 29.0. The molecule has 0 unspecified atom stereocenters. The lowest BCUT2D eigenvalue weighted by Gasteiger charge is -2.28. The second-order valence-electron chi connectivity index (χ2n) is 11.1. The number of esters is 1. The van der Waals surface area contributed by atoms with Crippen molar-refractivity contribution in [3.05, 3.63) is 41.0 Å². The number of hydrogen-bond acceptors (Lipinski definition) is 9. The standard InChI is InChI=1S/C31H46N6O4/c1-3-4-20-41-31-33-29(32)26-22-27(38)37(30(26)34-31)19-9-18-36(17-8-16-35-14-6-5-7-15-35)23-25-12-10-24(11-13-25)21-28(39)40-2/h10-13H,3-9,14-23H2,1-2H3,(H2,32,33,34). The molecule has 2 aromatic rings. The molecule has 2 aliphatic rings. The van der Waals surface area contributed by atoms with E-state index in [2.05, 4.69) is 38.8 Å². The molecule has 1 fully saturated rings. The van der Waals surface area contributed by atoms with Gasteiger partial charge in [-0.15, -0.1) is 0 Å². The molecule has 10 nitrogen and oxygen atoms in total. The van der Waals surface area contributed by atoms with E-state index >= 15 is 0 Å². The third kappa shape index (κ3) is 9.13. The first kappa shape index (κ1) is 30.7. The highest BCUT2D eigenvalue weighted by molar-refractivity contribution is 6.01. The first-order valence-corrected chi connectivity index (χ1v) is 15.2. The molecule has 2 aliphatic heterocycles. The first-order chi connectivity index (χ1) is 20.0. The normalized spacial score (nSPS) is 15.4. The molecule has 224 valence electrons. The zero-order valence-corrected chi connectivity index (χ0v) is 24.8. The van der Waals surface area contributed by atoms with Crippen molar-refractivity contribution in [1.82, 2.24) is 19.8 Å². The van der Waals surface area contributed by atoms with Gasteiger partial charge < -0.3 is 20.1 Å². The number of likely N-dealkylation sites (tertiary alicyclic amines) is 1. The van der Waals surface area contributed by atoms with Crippen LogP contribution in [0.4, 0.5) is 11.6 Å². The van der Waals surface area contributed by atoms with Gasteiger partial charge in [0.15, 0.2) is 0 Å². The van der Waals surface area contributed by atoms with E-state index in [1.807, 2.05) is 12.1 Å². The van der Waals surface area contributed by atoms with Gasteiger partial charge in [0.1, 0.15) is 11.6 Å². The van der Waals surface area contributed by atoms with E-state index < -0.39 is 0 Å². The molecule has 1 amide bonds. The summed E-state index contributed by atoms with van der Waals surface area (Å²) in [6.07, 6.45) is 8.28. The van der Waals surface area contributed by atoms with Crippen LogP contribution < -0.4 is 15.4 Å². The van der Waals surface area contributed by atoms with E-state index in [1.165, 1.54) is 45.0 Å². The minimum Gasteiger partial charge on any atom is -0.469 e. The van der Waals surface area contributed by atoms with Crippen LogP contribution in [-0.2, 0) is 33.7 Å². The molecular weight excluding hydrogens is 520 g/mol. The SMILES string of the molecule is CCCCOc1nc(N)c2c(n1)N(CCCN(CCCN1CCCCC1)Cc1ccc(CC(=O)OC)cc1)C(=O)C2. The molecule has 0 radical (unpaired) electrons. The van der Waals surface area contributed by atoms with E-state index in [4.69, 9.17) is 15.2 Å². The van der Waals surface area contributed by atoms with Gasteiger partial charge in [0, 0.05) is 25.2 Å². The van der Waals surface area contributed by atoms with Crippen LogP contribution in [0.25, 0.3) is 0 Å². The number of nitrogens with two attached hydrogens (primary N) is 1. The Balaban J connectivity index is 1.36. The summed E-state index contributed by atoms with van der Waals surface area (Å²) in [5.74, 6) is 0.686. The van der Waals surface area contributed by atoms with E-state index in [1.54, 1.807) is 4.90 Å². The van der Waals surface area contributed by atoms with Gasteiger partial charge in [0.2, 0.25) is 5.91 Å². The molecule has 1 saturated heterocycles. The highest BCUT2D eigenvalue weighted by Gasteiger charge is 2.32. The van der Waals surface area contributed by atoms with Crippen molar-refractivity contribution in [2.24, 2.45) is 0 Å². The summed E-state index contributed by atoms with van der Waals surface area (Å²) in [5.41, 5.74) is 9.02. The van der Waals surface area contributed by atoms with Crippen molar-refractivity contribution in [3.63, 3.8) is 0 Å². The van der Waals surface area contributed by atoms with Crippen LogP contribution in [0.15, 0.2) is 24.3 Å². The number of unbranched alkanes of at least 4 members (excludes halogenated alkanes) is 1. The second-order valence-corrected chi connectivity index (χ2v) is 11.1. The number of rotatable bonds is 16. The highest BCUT2D eigenvalue weighted by Crippen LogP contribution is 2.32. The molecule has 2 N–H and O–H groups in total. The number of amides is 1. The molecule has 4 rings (SSSR count). The largest absolute Gasteiger partial charge is 0.469 e. The predicted octanol–water partition coefficient (Wildman–Crippen LogP) is 3.61. The van der Waals surface area contributed by atoms with Crippen molar-refractivity contribution in [1.29, 1.82) is 0 Å². The Hall–Kier alpha value is -3.24. The van der Waals surface area contributed by atoms with E-state index in [-0.39, 0.29) is 30.7 Å². The number of piperidine rings is 1. The van der Waals surface area contributed by atoms with Crippen LogP contribution in [-0.4, -0.2) is 84.6 Å². The number of hydrogen-bond donors (Lipinski definition) is 1. The Labute approximate surface area is 244 Å². The van der Waals surface area contributed by atoms with Gasteiger partial charge in [0.25, 0.3) is 0 Å². The van der Waals surface area contributed by atoms with Gasteiger partial charge in [-0.3, -0.25) is 19.4 Å². The lowest BCUT2D eigenvalue weighted by Crippen LogP contribution is -2.35. The Morgan fingerprint density at radius 2 is 1.71 bits per heavy atom. The topological polar surface area (TPSA) is 114 Å². The number of anilines is 2. The third-order valence-electron chi connectivity index (χ3n) is 7.87. The second kappa shape index (κ2) is 15.7. The summed E-state index contributed by atoms with van der Waals surface area (Å²) in [5, 5.41) is 0. The molecule has 3 heterocycles. The van der Waals surface area contributed by atoms with E-state index in [0.717, 1.165) is 57.4 Å². The summed E-state index contributed by atoms with van der Waals surface area (Å²) in [6.45, 7) is 9.35. The number of methoxy groups -OCH3 is 1. The Morgan fingerprint density at radius 3 is 2.41 bits per heavy atom. The minimum atomic E-state index is -0.234. The lowest BCUT2D eigenvalue weighted by molar-refractivity contribution is -0.139. The van der Waals surface area contributed by atoms with Crippen LogP contribution in [0.5, 0.6) is 6.01 Å². The first-order valence-electron chi connectivity index (χ1n) is 15.2. The molecule has 0 saturated carbocycles. The molecule has 0 aliphatic carbocycles. The third-order valence-corrected chi connectivity index (χ3v) is 7.87. The Kier molecular flexibility index (Phi) is 11.7. The summed E-state index contributed by atoms with van der Waals surface area (Å²) in [4.78, 5) is 40.2. The van der Waals surface area contributed by atoms with Crippen LogP contribution in [0, 0.1) is 0 Å². The van der Waals surface area contributed by atoms with Crippen LogP contribution >= 0.6 is 0 Å². The van der Waals surface area contributed by atoms with Crippen molar-refractivity contribution >= 4 is 23.5 Å². The summed E-state index contributed by atoms with van der Waals surface area (Å²) >= 11 is 0. The molecule has 1 aromatic carbocycles. The lowest BCUT2D eigenvalue weighted by atomic mass is 10.1. The number of aromatic nitrogens is 2. The van der Waals surface area contributed by atoms with Gasteiger partial charge in [-0.1, -0.05) is 44.0 Å². The number of nitrogen functional groups attached to an aromatic ring is 1. The molecule has 0 spiro atoms. The van der Waals surface area contributed by atoms with Crippen molar-refractivity contribution in [3.8, 4) is 6.01 Å². The average molecular weight is 567 g/mol. The number of benzene rings is 1. The smallest absolute Gasteiger partial charge is 0.320 e. The van der Waals surface area contributed by atoms with Crippen molar-refractivity contribution < 1.29 is 19.1 Å². The van der Waals surface area contributed by atoms with Crippen LogP contribution in [0.3, 0.4) is 0 Å². The number of ether oxygens (including phenoxy) is 2. The maximum Gasteiger partial charge on any atom is 0.320 e. The van der Waals surface area contributed by atoms with Gasteiger partial charge in [-0.2, -0.15) is 9.97 Å². The number of carbonyl (C=O) groups is 2. The Bertz CT molecular complexity index is 1140. The molecule has 0 atom stereocenters. The molecule has 0 bridgehead atoms. The van der Waals surface area contributed by atoms with Gasteiger partial charge in [0.05, 0.1) is 26.6 Å². The van der Waals surface area contributed by atoms with Gasteiger partial charge >= 0.3 is 12.0 Å². The monoisotopic (exact) mass is 566 g/mol. The van der Waals surface area contributed by atoms with Crippen LogP contribution in [0.2, 0.25) is 0 Å². The van der Waals surface area contributed by atoms with E-state index in [9.17, 15) is 9.59 Å². The summed E-state index contributed by atoms with van der Waals surface area (Å²) in [6, 6.07) is 8.43. The Morgan fingerprint density at radius 1 is 1.00 bits per heavy atom. The fraction of sp³-hybridized carbons (Fsp3) is 0.613. The summed E-state index contributed by atoms with van der Waals surface area (Å²) in [7, 11) is 1.41. The predicted molar refractivity (Wildman–Crippen MR) is 160 cm³/mol. The quantitative estimate of drug-likeness (QED) is 0.240. The molecule has 10 heteroatoms. The fourth-order valence-corrected chi connectivity index (χ4v) is 5.51. The van der Waals surface area contributed by atoms with Crippen LogP contribution in [0.1, 0.15) is 68.6 Å². The number of carbonyl (C=O) groups excluding carboxylic acids is 2.